The van der Waals surface area contributed by atoms with E-state index in [1.54, 1.807) is 6.92 Å². The maximum absolute atomic E-state index is 13.2. The number of anilines is 1. The predicted octanol–water partition coefficient (Wildman–Crippen LogP) is 3.16. The fourth-order valence-corrected chi connectivity index (χ4v) is 4.37. The average molecular weight is 344 g/mol. The second-order valence-corrected chi connectivity index (χ2v) is 7.25. The molecule has 3 rings (SSSR count). The number of amides is 1. The van der Waals surface area contributed by atoms with E-state index in [4.69, 9.17) is 4.74 Å². The van der Waals surface area contributed by atoms with Crippen LogP contribution in [0.1, 0.15) is 27.2 Å². The Morgan fingerprint density at radius 2 is 2.00 bits per heavy atom. The quantitative estimate of drug-likeness (QED) is 0.624. The van der Waals surface area contributed by atoms with Crippen LogP contribution >= 0.6 is 11.8 Å². The van der Waals surface area contributed by atoms with Crippen LogP contribution < -0.4 is 5.01 Å². The first-order valence-corrected chi connectivity index (χ1v) is 8.93. The maximum atomic E-state index is 13.2. The highest BCUT2D eigenvalue weighted by Crippen LogP contribution is 2.45. The Morgan fingerprint density at radius 3 is 2.62 bits per heavy atom. The number of allylic oxidation sites excluding steroid dienone is 1. The SMILES string of the molecule is CCOC(=O)C1=NN(c2ccccc2)C(=O)C12CC(C)=C(C)CS2. The molecular formula is C18H20N2O3S. The molecule has 24 heavy (non-hydrogen) atoms. The van der Waals surface area contributed by atoms with Gasteiger partial charge in [0.2, 0.25) is 0 Å². The number of benzene rings is 1. The lowest BCUT2D eigenvalue weighted by atomic mass is 9.91. The van der Waals surface area contributed by atoms with Crippen LogP contribution in [0.4, 0.5) is 5.69 Å². The molecule has 6 heteroatoms. The average Bonchev–Trinajstić information content (AvgIpc) is 2.85. The molecule has 0 N–H and O–H groups in total. The second kappa shape index (κ2) is 6.43. The van der Waals surface area contributed by atoms with Gasteiger partial charge in [-0.2, -0.15) is 10.1 Å². The largest absolute Gasteiger partial charge is 0.461 e. The van der Waals surface area contributed by atoms with Gasteiger partial charge < -0.3 is 4.74 Å². The Morgan fingerprint density at radius 1 is 1.29 bits per heavy atom. The number of nitrogens with zero attached hydrogens (tertiary/aromatic N) is 2. The van der Waals surface area contributed by atoms with Gasteiger partial charge in [0, 0.05) is 5.75 Å². The molecule has 0 saturated carbocycles. The van der Waals surface area contributed by atoms with Gasteiger partial charge in [0.05, 0.1) is 12.3 Å². The molecule has 0 radical (unpaired) electrons. The van der Waals surface area contributed by atoms with Crippen molar-refractivity contribution in [1.29, 1.82) is 0 Å². The van der Waals surface area contributed by atoms with Crippen molar-refractivity contribution in [3.05, 3.63) is 41.5 Å². The number of carbonyl (C=O) groups is 2. The predicted molar refractivity (Wildman–Crippen MR) is 96.2 cm³/mol. The molecule has 1 unspecified atom stereocenters. The molecule has 0 fully saturated rings. The molecule has 1 atom stereocenters. The highest BCUT2D eigenvalue weighted by atomic mass is 32.2. The number of esters is 1. The number of ether oxygens (including phenoxy) is 1. The first-order valence-electron chi connectivity index (χ1n) is 7.94. The number of thioether (sulfide) groups is 1. The van der Waals surface area contributed by atoms with E-state index < -0.39 is 10.7 Å². The first kappa shape index (κ1) is 16.8. The third kappa shape index (κ3) is 2.65. The van der Waals surface area contributed by atoms with Crippen LogP contribution in [-0.2, 0) is 14.3 Å². The van der Waals surface area contributed by atoms with Gasteiger partial charge in [-0.1, -0.05) is 29.3 Å². The summed E-state index contributed by atoms with van der Waals surface area (Å²) < 4.78 is 4.19. The van der Waals surface area contributed by atoms with Crippen molar-refractivity contribution in [2.24, 2.45) is 5.10 Å². The summed E-state index contributed by atoms with van der Waals surface area (Å²) in [5, 5.41) is 5.72. The van der Waals surface area contributed by atoms with Crippen LogP contribution in [0.2, 0.25) is 0 Å². The maximum Gasteiger partial charge on any atom is 0.356 e. The van der Waals surface area contributed by atoms with Crippen LogP contribution in [0.25, 0.3) is 0 Å². The number of rotatable bonds is 3. The molecule has 1 aromatic rings. The minimum atomic E-state index is -0.980. The zero-order valence-electron chi connectivity index (χ0n) is 14.0. The summed E-state index contributed by atoms with van der Waals surface area (Å²) in [6.07, 6.45) is 0.489. The number of hydrazone groups is 1. The first-order chi connectivity index (χ1) is 11.5. The molecule has 0 aromatic heterocycles. The van der Waals surface area contributed by atoms with E-state index in [1.165, 1.54) is 22.3 Å². The molecule has 0 saturated heterocycles. The number of carbonyl (C=O) groups excluding carboxylic acids is 2. The van der Waals surface area contributed by atoms with E-state index in [2.05, 4.69) is 12.0 Å². The molecule has 1 aromatic carbocycles. The standard InChI is InChI=1S/C18H20N2O3S/c1-4-23-16(21)15-18(10-12(2)13(3)11-24-18)17(22)20(19-15)14-8-6-5-7-9-14/h5-9H,4,10-11H2,1-3H3. The van der Waals surface area contributed by atoms with Gasteiger partial charge in [-0.25, -0.2) is 4.79 Å². The van der Waals surface area contributed by atoms with Crippen molar-refractivity contribution in [3.8, 4) is 0 Å². The summed E-state index contributed by atoms with van der Waals surface area (Å²) in [5.74, 6) is 0.0243. The molecule has 1 amide bonds. The van der Waals surface area contributed by atoms with Crippen LogP contribution in [-0.4, -0.2) is 34.7 Å². The zero-order valence-corrected chi connectivity index (χ0v) is 14.9. The molecular weight excluding hydrogens is 324 g/mol. The third-order valence-electron chi connectivity index (χ3n) is 4.37. The summed E-state index contributed by atoms with van der Waals surface area (Å²) in [6, 6.07) is 9.18. The van der Waals surface area contributed by atoms with Crippen molar-refractivity contribution in [2.75, 3.05) is 17.4 Å². The van der Waals surface area contributed by atoms with E-state index >= 15 is 0 Å². The van der Waals surface area contributed by atoms with Crippen molar-refractivity contribution >= 4 is 35.0 Å². The summed E-state index contributed by atoms with van der Waals surface area (Å²) in [7, 11) is 0. The summed E-state index contributed by atoms with van der Waals surface area (Å²) >= 11 is 1.47. The van der Waals surface area contributed by atoms with Crippen LogP contribution in [0, 0.1) is 0 Å². The summed E-state index contributed by atoms with van der Waals surface area (Å²) in [5.41, 5.74) is 3.24. The van der Waals surface area contributed by atoms with E-state index in [9.17, 15) is 9.59 Å². The Kier molecular flexibility index (Phi) is 4.49. The van der Waals surface area contributed by atoms with Crippen LogP contribution in [0.15, 0.2) is 46.6 Å². The minimum absolute atomic E-state index is 0.173. The molecule has 126 valence electrons. The lowest BCUT2D eigenvalue weighted by Crippen LogP contribution is -2.48. The summed E-state index contributed by atoms with van der Waals surface area (Å²) in [4.78, 5) is 25.7. The Bertz CT molecular complexity index is 742. The van der Waals surface area contributed by atoms with E-state index in [0.29, 0.717) is 17.9 Å². The fraction of sp³-hybridized carbons (Fsp3) is 0.389. The second-order valence-electron chi connectivity index (χ2n) is 5.97. The van der Waals surface area contributed by atoms with E-state index in [1.807, 2.05) is 37.3 Å². The fourth-order valence-electron chi connectivity index (χ4n) is 2.87. The lowest BCUT2D eigenvalue weighted by molar-refractivity contribution is -0.135. The normalized spacial score (nSPS) is 23.7. The third-order valence-corrected chi connectivity index (χ3v) is 5.95. The Balaban J connectivity index is 2.06. The molecule has 2 heterocycles. The van der Waals surface area contributed by atoms with Crippen molar-refractivity contribution in [2.45, 2.75) is 31.9 Å². The van der Waals surface area contributed by atoms with E-state index in [-0.39, 0.29) is 18.2 Å². The monoisotopic (exact) mass is 344 g/mol. The lowest BCUT2D eigenvalue weighted by Gasteiger charge is -2.32. The van der Waals surface area contributed by atoms with Gasteiger partial charge in [0.25, 0.3) is 5.91 Å². The van der Waals surface area contributed by atoms with Gasteiger partial charge in [-0.05, 0) is 39.3 Å². The summed E-state index contributed by atoms with van der Waals surface area (Å²) in [6.45, 7) is 6.08. The molecule has 5 nitrogen and oxygen atoms in total. The van der Waals surface area contributed by atoms with Crippen LogP contribution in [0.3, 0.4) is 0 Å². The van der Waals surface area contributed by atoms with Gasteiger partial charge in [-0.15, -0.1) is 11.8 Å². The van der Waals surface area contributed by atoms with Gasteiger partial charge in [-0.3, -0.25) is 4.79 Å². The highest BCUT2D eigenvalue weighted by molar-refractivity contribution is 8.02. The molecule has 2 aliphatic rings. The number of para-hydroxylation sites is 1. The topological polar surface area (TPSA) is 59.0 Å². The number of hydrogen-bond donors (Lipinski definition) is 0. The van der Waals surface area contributed by atoms with Gasteiger partial charge >= 0.3 is 5.97 Å². The van der Waals surface area contributed by atoms with Crippen molar-refractivity contribution in [3.63, 3.8) is 0 Å². The molecule has 2 aliphatic heterocycles. The highest BCUT2D eigenvalue weighted by Gasteiger charge is 2.56. The van der Waals surface area contributed by atoms with Crippen LogP contribution in [0.5, 0.6) is 0 Å². The Labute approximate surface area is 145 Å². The zero-order chi connectivity index (χ0) is 17.3. The molecule has 1 spiro atoms. The van der Waals surface area contributed by atoms with Gasteiger partial charge in [0.1, 0.15) is 0 Å². The smallest absolute Gasteiger partial charge is 0.356 e. The number of hydrogen-bond acceptors (Lipinski definition) is 5. The molecule has 0 aliphatic carbocycles. The van der Waals surface area contributed by atoms with Crippen molar-refractivity contribution < 1.29 is 14.3 Å². The van der Waals surface area contributed by atoms with Crippen molar-refractivity contribution in [1.82, 2.24) is 0 Å². The molecule has 0 bridgehead atoms. The van der Waals surface area contributed by atoms with E-state index in [0.717, 1.165) is 5.57 Å². The minimum Gasteiger partial charge on any atom is -0.461 e. The van der Waals surface area contributed by atoms with Gasteiger partial charge in [0.15, 0.2) is 10.5 Å². The Hall–Kier alpha value is -2.08.